The number of rotatable bonds is 4. The van der Waals surface area contributed by atoms with Gasteiger partial charge in [0, 0.05) is 43.4 Å². The molecule has 1 atom stereocenters. The van der Waals surface area contributed by atoms with Gasteiger partial charge in [-0.25, -0.2) is 4.79 Å². The summed E-state index contributed by atoms with van der Waals surface area (Å²) in [6.07, 6.45) is 2.61. The molecule has 0 aromatic heterocycles. The lowest BCUT2D eigenvalue weighted by atomic mass is 9.71. The van der Waals surface area contributed by atoms with Crippen LogP contribution < -0.4 is 10.6 Å². The minimum absolute atomic E-state index is 0.0505. The van der Waals surface area contributed by atoms with Crippen LogP contribution in [0.1, 0.15) is 39.2 Å². The number of nitrogens with one attached hydrogen (secondary N) is 2. The Balaban J connectivity index is 1.71. The number of aryl methyl sites for hydroxylation is 1. The van der Waals surface area contributed by atoms with Crippen molar-refractivity contribution < 1.29 is 14.3 Å². The second-order valence-corrected chi connectivity index (χ2v) is 8.05. The lowest BCUT2D eigenvalue weighted by Crippen LogP contribution is -2.46. The van der Waals surface area contributed by atoms with Gasteiger partial charge in [0.15, 0.2) is 0 Å². The molecule has 2 heterocycles. The number of nitrogens with zero attached hydrogens (tertiary/aromatic N) is 1. The van der Waals surface area contributed by atoms with Crippen LogP contribution in [0.2, 0.25) is 0 Å². The van der Waals surface area contributed by atoms with Crippen molar-refractivity contribution in [1.82, 2.24) is 10.2 Å². The van der Waals surface area contributed by atoms with Crippen LogP contribution in [0.5, 0.6) is 0 Å². The molecule has 27 heavy (non-hydrogen) atoms. The van der Waals surface area contributed by atoms with Crippen molar-refractivity contribution in [2.45, 2.75) is 46.1 Å². The van der Waals surface area contributed by atoms with Crippen LogP contribution in [0.25, 0.3) is 0 Å². The van der Waals surface area contributed by atoms with Gasteiger partial charge >= 0.3 is 6.03 Å². The number of anilines is 1. The summed E-state index contributed by atoms with van der Waals surface area (Å²) in [7, 11) is 0. The number of benzene rings is 1. The number of hydrogen-bond donors (Lipinski definition) is 2. The van der Waals surface area contributed by atoms with Crippen molar-refractivity contribution in [3.63, 3.8) is 0 Å². The molecule has 0 radical (unpaired) electrons. The molecule has 0 saturated carbocycles. The van der Waals surface area contributed by atoms with E-state index in [4.69, 9.17) is 4.74 Å². The fourth-order valence-corrected chi connectivity index (χ4v) is 4.18. The molecule has 6 nitrogen and oxygen atoms in total. The van der Waals surface area contributed by atoms with Crippen molar-refractivity contribution in [3.8, 4) is 0 Å². The molecule has 6 heteroatoms. The van der Waals surface area contributed by atoms with Gasteiger partial charge in [-0.05, 0) is 50.8 Å². The van der Waals surface area contributed by atoms with Crippen LogP contribution in [0.3, 0.4) is 0 Å². The molecular weight excluding hydrogens is 342 g/mol. The summed E-state index contributed by atoms with van der Waals surface area (Å²) < 4.78 is 5.53. The predicted octanol–water partition coefficient (Wildman–Crippen LogP) is 3.03. The highest BCUT2D eigenvalue weighted by Crippen LogP contribution is 2.44. The highest BCUT2D eigenvalue weighted by atomic mass is 16.5. The largest absolute Gasteiger partial charge is 0.381 e. The first-order valence-corrected chi connectivity index (χ1v) is 9.96. The minimum Gasteiger partial charge on any atom is -0.381 e. The third-order valence-electron chi connectivity index (χ3n) is 5.78. The van der Waals surface area contributed by atoms with E-state index in [9.17, 15) is 9.59 Å². The normalized spacial score (nSPS) is 21.5. The Bertz CT molecular complexity index is 666. The van der Waals surface area contributed by atoms with Gasteiger partial charge in [0.05, 0.1) is 5.92 Å². The number of likely N-dealkylation sites (tertiary alicyclic amines) is 1. The highest BCUT2D eigenvalue weighted by Gasteiger charge is 2.51. The van der Waals surface area contributed by atoms with Crippen LogP contribution in [0.15, 0.2) is 24.3 Å². The van der Waals surface area contributed by atoms with Gasteiger partial charge in [-0.3, -0.25) is 4.79 Å². The van der Waals surface area contributed by atoms with Crippen molar-refractivity contribution in [3.05, 3.63) is 29.8 Å². The first-order chi connectivity index (χ1) is 12.9. The van der Waals surface area contributed by atoms with Crippen molar-refractivity contribution >= 4 is 17.6 Å². The zero-order valence-corrected chi connectivity index (χ0v) is 16.6. The fourth-order valence-electron chi connectivity index (χ4n) is 4.18. The number of amides is 3. The summed E-state index contributed by atoms with van der Waals surface area (Å²) in [6, 6.07) is 7.87. The summed E-state index contributed by atoms with van der Waals surface area (Å²) >= 11 is 0. The Morgan fingerprint density at radius 3 is 2.48 bits per heavy atom. The fraction of sp³-hybridized carbons (Fsp3) is 0.619. The Hall–Kier alpha value is -2.08. The zero-order valence-electron chi connectivity index (χ0n) is 16.6. The molecule has 0 bridgehead atoms. The quantitative estimate of drug-likeness (QED) is 0.852. The lowest BCUT2D eigenvalue weighted by molar-refractivity contribution is -0.130. The maximum Gasteiger partial charge on any atom is 0.321 e. The third kappa shape index (κ3) is 4.43. The lowest BCUT2D eigenvalue weighted by Gasteiger charge is -2.37. The highest BCUT2D eigenvalue weighted by molar-refractivity contribution is 5.90. The Kier molecular flexibility index (Phi) is 6.05. The third-order valence-corrected chi connectivity index (χ3v) is 5.78. The van der Waals surface area contributed by atoms with E-state index in [1.165, 1.54) is 5.56 Å². The Labute approximate surface area is 161 Å². The average molecular weight is 373 g/mol. The summed E-state index contributed by atoms with van der Waals surface area (Å²) in [5, 5.41) is 6.02. The molecule has 148 valence electrons. The molecule has 0 aliphatic carbocycles. The molecule has 1 unspecified atom stereocenters. The van der Waals surface area contributed by atoms with E-state index in [1.54, 1.807) is 4.90 Å². The number of hydrogen-bond acceptors (Lipinski definition) is 3. The maximum atomic E-state index is 12.8. The molecule has 2 N–H and O–H groups in total. The molecule has 2 aliphatic rings. The molecule has 3 amide bonds. The SMILES string of the molecule is CCc1ccc(NC(=O)N2CC(C(=O)NC(C)C)C3(CCOCC3)C2)cc1. The van der Waals surface area contributed by atoms with E-state index in [1.807, 2.05) is 38.1 Å². The first kappa shape index (κ1) is 19.7. The summed E-state index contributed by atoms with van der Waals surface area (Å²) in [5.74, 6) is -0.133. The molecule has 2 aliphatic heterocycles. The predicted molar refractivity (Wildman–Crippen MR) is 106 cm³/mol. The van der Waals surface area contributed by atoms with E-state index in [0.717, 1.165) is 24.9 Å². The monoisotopic (exact) mass is 373 g/mol. The van der Waals surface area contributed by atoms with Crippen LogP contribution in [-0.4, -0.2) is 49.2 Å². The van der Waals surface area contributed by atoms with Gasteiger partial charge in [0.25, 0.3) is 0 Å². The maximum absolute atomic E-state index is 12.8. The van der Waals surface area contributed by atoms with E-state index in [2.05, 4.69) is 17.6 Å². The van der Waals surface area contributed by atoms with E-state index >= 15 is 0 Å². The second kappa shape index (κ2) is 8.30. The van der Waals surface area contributed by atoms with Crippen molar-refractivity contribution in [2.24, 2.45) is 11.3 Å². The van der Waals surface area contributed by atoms with Gasteiger partial charge in [0.1, 0.15) is 0 Å². The average Bonchev–Trinajstić information content (AvgIpc) is 3.01. The molecule has 3 rings (SSSR count). The molecular formula is C21H31N3O3. The smallest absolute Gasteiger partial charge is 0.321 e. The van der Waals surface area contributed by atoms with Crippen molar-refractivity contribution in [2.75, 3.05) is 31.6 Å². The van der Waals surface area contributed by atoms with Gasteiger partial charge < -0.3 is 20.3 Å². The van der Waals surface area contributed by atoms with E-state index < -0.39 is 0 Å². The number of ether oxygens (including phenoxy) is 1. The zero-order chi connectivity index (χ0) is 19.4. The molecule has 2 fully saturated rings. The van der Waals surface area contributed by atoms with Crippen LogP contribution in [0, 0.1) is 11.3 Å². The van der Waals surface area contributed by atoms with Crippen molar-refractivity contribution in [1.29, 1.82) is 0 Å². The summed E-state index contributed by atoms with van der Waals surface area (Å²) in [5.41, 5.74) is 1.84. The first-order valence-electron chi connectivity index (χ1n) is 9.96. The number of carbonyl (C=O) groups excluding carboxylic acids is 2. The Morgan fingerprint density at radius 1 is 1.22 bits per heavy atom. The summed E-state index contributed by atoms with van der Waals surface area (Å²) in [4.78, 5) is 27.4. The number of urea groups is 1. The molecule has 2 saturated heterocycles. The Morgan fingerprint density at radius 2 is 1.89 bits per heavy atom. The standard InChI is InChI=1S/C21H31N3O3/c1-4-16-5-7-17(8-6-16)23-20(26)24-13-18(19(25)22-15(2)3)21(14-24)9-11-27-12-10-21/h5-8,15,18H,4,9-14H2,1-3H3,(H,22,25)(H,23,26). The molecule has 1 spiro atoms. The summed E-state index contributed by atoms with van der Waals surface area (Å²) in [6.45, 7) is 8.40. The van der Waals surface area contributed by atoms with E-state index in [-0.39, 0.29) is 29.3 Å². The molecule has 1 aromatic carbocycles. The number of carbonyl (C=O) groups is 2. The van der Waals surface area contributed by atoms with Gasteiger partial charge in [-0.15, -0.1) is 0 Å². The van der Waals surface area contributed by atoms with Gasteiger partial charge in [-0.1, -0.05) is 19.1 Å². The van der Waals surface area contributed by atoms with Gasteiger partial charge in [0.2, 0.25) is 5.91 Å². The van der Waals surface area contributed by atoms with E-state index in [0.29, 0.717) is 26.3 Å². The van der Waals surface area contributed by atoms with Crippen LogP contribution >= 0.6 is 0 Å². The van der Waals surface area contributed by atoms with Gasteiger partial charge in [-0.2, -0.15) is 0 Å². The second-order valence-electron chi connectivity index (χ2n) is 8.05. The minimum atomic E-state index is -0.183. The topological polar surface area (TPSA) is 70.7 Å². The van der Waals surface area contributed by atoms with Crippen LogP contribution in [0.4, 0.5) is 10.5 Å². The molecule has 1 aromatic rings. The van der Waals surface area contributed by atoms with Crippen LogP contribution in [-0.2, 0) is 16.0 Å².